The molecule has 0 saturated heterocycles. The van der Waals surface area contributed by atoms with Gasteiger partial charge in [-0.1, -0.05) is 50.3 Å². The molecule has 0 heterocycles. The fourth-order valence-electron chi connectivity index (χ4n) is 2.23. The summed E-state index contributed by atoms with van der Waals surface area (Å²) in [6.07, 6.45) is 5.62. The van der Waals surface area contributed by atoms with Gasteiger partial charge in [0.2, 0.25) is 0 Å². The number of rotatable bonds is 1. The van der Waals surface area contributed by atoms with Crippen molar-refractivity contribution < 1.29 is 5.11 Å². The Kier molecular flexibility index (Phi) is 2.86. The van der Waals surface area contributed by atoms with E-state index < -0.39 is 0 Å². The van der Waals surface area contributed by atoms with E-state index in [2.05, 4.69) is 38.1 Å². The Bertz CT molecular complexity index is 424. The first kappa shape index (κ1) is 11.0. The highest BCUT2D eigenvalue weighted by molar-refractivity contribution is 5.68. The van der Waals surface area contributed by atoms with Gasteiger partial charge in [-0.15, -0.1) is 0 Å². The van der Waals surface area contributed by atoms with Crippen LogP contribution in [0.3, 0.4) is 0 Å². The lowest BCUT2D eigenvalue weighted by Gasteiger charge is -2.24. The smallest absolute Gasteiger partial charge is 0.0928 e. The third-order valence-electron chi connectivity index (χ3n) is 2.95. The van der Waals surface area contributed by atoms with Gasteiger partial charge < -0.3 is 5.11 Å². The largest absolute Gasteiger partial charge is 0.512 e. The van der Waals surface area contributed by atoms with E-state index in [0.717, 1.165) is 12.8 Å². The number of hydrogen-bond acceptors (Lipinski definition) is 1. The second-order valence-corrected chi connectivity index (χ2v) is 5.23. The van der Waals surface area contributed by atoms with Crippen LogP contribution < -0.4 is 0 Å². The normalized spacial score (nSPS) is 19.6. The Hall–Kier alpha value is -1.50. The van der Waals surface area contributed by atoms with Crippen molar-refractivity contribution in [1.29, 1.82) is 0 Å². The second kappa shape index (κ2) is 4.17. The molecule has 0 spiro atoms. The van der Waals surface area contributed by atoms with Crippen molar-refractivity contribution in [2.24, 2.45) is 5.41 Å². The SMILES string of the molecule is CC1(C)CC(O)=CC=C(c2ccccc2)C1. The zero-order valence-electron chi connectivity index (χ0n) is 9.90. The average Bonchev–Trinajstić information content (AvgIpc) is 2.37. The molecule has 1 N–H and O–H groups in total. The fraction of sp³-hybridized carbons (Fsp3) is 0.333. The molecule has 0 fully saturated rings. The zero-order chi connectivity index (χ0) is 11.6. The second-order valence-electron chi connectivity index (χ2n) is 5.23. The van der Waals surface area contributed by atoms with Crippen LogP contribution in [0.4, 0.5) is 0 Å². The lowest BCUT2D eigenvalue weighted by Crippen LogP contribution is -2.11. The van der Waals surface area contributed by atoms with Gasteiger partial charge in [-0.25, -0.2) is 0 Å². The summed E-state index contributed by atoms with van der Waals surface area (Å²) in [7, 11) is 0. The van der Waals surface area contributed by atoms with E-state index in [4.69, 9.17) is 0 Å². The van der Waals surface area contributed by atoms with Gasteiger partial charge in [0.05, 0.1) is 5.76 Å². The summed E-state index contributed by atoms with van der Waals surface area (Å²) in [5.74, 6) is 0.482. The molecule has 1 heteroatoms. The Morgan fingerprint density at radius 3 is 2.38 bits per heavy atom. The number of benzene rings is 1. The van der Waals surface area contributed by atoms with Crippen LogP contribution in [-0.4, -0.2) is 5.11 Å². The zero-order valence-corrected chi connectivity index (χ0v) is 9.90. The molecule has 0 amide bonds. The number of aliphatic hydroxyl groups is 1. The van der Waals surface area contributed by atoms with E-state index in [1.54, 1.807) is 0 Å². The fourth-order valence-corrected chi connectivity index (χ4v) is 2.23. The summed E-state index contributed by atoms with van der Waals surface area (Å²) in [5.41, 5.74) is 2.68. The molecular weight excluding hydrogens is 196 g/mol. The van der Waals surface area contributed by atoms with Gasteiger partial charge in [-0.05, 0) is 29.0 Å². The van der Waals surface area contributed by atoms with Crippen molar-refractivity contribution in [2.75, 3.05) is 0 Å². The summed E-state index contributed by atoms with van der Waals surface area (Å²) in [6.45, 7) is 4.39. The first-order valence-corrected chi connectivity index (χ1v) is 5.71. The molecule has 84 valence electrons. The highest BCUT2D eigenvalue weighted by Gasteiger charge is 2.23. The third-order valence-corrected chi connectivity index (χ3v) is 2.95. The topological polar surface area (TPSA) is 20.2 Å². The van der Waals surface area contributed by atoms with E-state index in [9.17, 15) is 5.11 Å². The maximum atomic E-state index is 9.71. The van der Waals surface area contributed by atoms with E-state index in [1.165, 1.54) is 11.1 Å². The number of allylic oxidation sites excluding steroid dienone is 4. The molecule has 0 radical (unpaired) electrons. The first-order valence-electron chi connectivity index (χ1n) is 5.71. The van der Waals surface area contributed by atoms with Crippen LogP contribution in [0.2, 0.25) is 0 Å². The van der Waals surface area contributed by atoms with Gasteiger partial charge in [-0.2, -0.15) is 0 Å². The van der Waals surface area contributed by atoms with E-state index in [-0.39, 0.29) is 5.41 Å². The minimum Gasteiger partial charge on any atom is -0.512 e. The molecule has 1 aromatic rings. The molecule has 1 nitrogen and oxygen atoms in total. The van der Waals surface area contributed by atoms with Crippen molar-refractivity contribution in [1.82, 2.24) is 0 Å². The summed E-state index contributed by atoms with van der Waals surface area (Å²) >= 11 is 0. The summed E-state index contributed by atoms with van der Waals surface area (Å²) in [5, 5.41) is 9.71. The van der Waals surface area contributed by atoms with Crippen LogP contribution >= 0.6 is 0 Å². The van der Waals surface area contributed by atoms with Crippen molar-refractivity contribution in [3.8, 4) is 0 Å². The molecular formula is C15H18O. The Labute approximate surface area is 97.1 Å². The van der Waals surface area contributed by atoms with Crippen LogP contribution in [0.1, 0.15) is 32.3 Å². The molecule has 16 heavy (non-hydrogen) atoms. The van der Waals surface area contributed by atoms with Gasteiger partial charge in [0.25, 0.3) is 0 Å². The molecule has 1 aromatic carbocycles. The van der Waals surface area contributed by atoms with Gasteiger partial charge in [0.1, 0.15) is 0 Å². The molecule has 1 aliphatic carbocycles. The van der Waals surface area contributed by atoms with Crippen LogP contribution in [0.25, 0.3) is 5.57 Å². The number of hydrogen-bond donors (Lipinski definition) is 1. The molecule has 0 unspecified atom stereocenters. The Morgan fingerprint density at radius 2 is 1.69 bits per heavy atom. The maximum Gasteiger partial charge on any atom is 0.0928 e. The van der Waals surface area contributed by atoms with E-state index in [0.29, 0.717) is 5.76 Å². The van der Waals surface area contributed by atoms with Crippen LogP contribution in [0.15, 0.2) is 48.2 Å². The van der Waals surface area contributed by atoms with Crippen molar-refractivity contribution >= 4 is 5.57 Å². The Balaban J connectivity index is 2.35. The van der Waals surface area contributed by atoms with Gasteiger partial charge >= 0.3 is 0 Å². The third kappa shape index (κ3) is 2.54. The van der Waals surface area contributed by atoms with E-state index in [1.807, 2.05) is 18.2 Å². The summed E-state index contributed by atoms with van der Waals surface area (Å²) in [4.78, 5) is 0. The summed E-state index contributed by atoms with van der Waals surface area (Å²) < 4.78 is 0. The number of aliphatic hydroxyl groups excluding tert-OH is 1. The van der Waals surface area contributed by atoms with Gasteiger partial charge in [0.15, 0.2) is 0 Å². The standard InChI is InChI=1S/C15H18O/c1-15(2)10-13(8-9-14(16)11-15)12-6-4-3-5-7-12/h3-9,16H,10-11H2,1-2H3. The van der Waals surface area contributed by atoms with Gasteiger partial charge in [-0.3, -0.25) is 0 Å². The van der Waals surface area contributed by atoms with Crippen LogP contribution in [0, 0.1) is 5.41 Å². The molecule has 1 aliphatic rings. The maximum absolute atomic E-state index is 9.71. The molecule has 0 atom stereocenters. The van der Waals surface area contributed by atoms with Crippen molar-refractivity contribution in [3.05, 3.63) is 53.8 Å². The summed E-state index contributed by atoms with van der Waals surface area (Å²) in [6, 6.07) is 10.4. The Morgan fingerprint density at radius 1 is 1.00 bits per heavy atom. The monoisotopic (exact) mass is 214 g/mol. The molecule has 2 rings (SSSR count). The minimum atomic E-state index is 0.124. The van der Waals surface area contributed by atoms with Gasteiger partial charge in [0, 0.05) is 6.42 Å². The van der Waals surface area contributed by atoms with Crippen LogP contribution in [-0.2, 0) is 0 Å². The highest BCUT2D eigenvalue weighted by Crippen LogP contribution is 2.37. The lowest BCUT2D eigenvalue weighted by molar-refractivity contribution is 0.291. The van der Waals surface area contributed by atoms with E-state index >= 15 is 0 Å². The molecule has 0 aromatic heterocycles. The minimum absolute atomic E-state index is 0.124. The van der Waals surface area contributed by atoms with Crippen molar-refractivity contribution in [3.63, 3.8) is 0 Å². The molecule has 0 saturated carbocycles. The lowest BCUT2D eigenvalue weighted by atomic mass is 9.81. The highest BCUT2D eigenvalue weighted by atomic mass is 16.3. The predicted molar refractivity (Wildman–Crippen MR) is 68.1 cm³/mol. The molecule has 0 bridgehead atoms. The quantitative estimate of drug-likeness (QED) is 0.737. The predicted octanol–water partition coefficient (Wildman–Crippen LogP) is 4.33. The first-order chi connectivity index (χ1) is 7.57. The molecule has 0 aliphatic heterocycles. The van der Waals surface area contributed by atoms with Crippen molar-refractivity contribution in [2.45, 2.75) is 26.7 Å². The average molecular weight is 214 g/mol. The van der Waals surface area contributed by atoms with Crippen LogP contribution in [0.5, 0.6) is 0 Å².